The molecule has 2 amide bonds. The highest BCUT2D eigenvalue weighted by atomic mass is 32.2. The van der Waals surface area contributed by atoms with Gasteiger partial charge in [-0.05, 0) is 30.3 Å². The van der Waals surface area contributed by atoms with Crippen LogP contribution in [-0.2, 0) is 19.6 Å². The predicted octanol–water partition coefficient (Wildman–Crippen LogP) is 1.67. The average molecular weight is 419 g/mol. The quantitative estimate of drug-likeness (QED) is 0.736. The summed E-state index contributed by atoms with van der Waals surface area (Å²) in [6.45, 7) is 0. The summed E-state index contributed by atoms with van der Waals surface area (Å²) in [5, 5.41) is 5.29. The lowest BCUT2D eigenvalue weighted by Crippen LogP contribution is -2.39. The lowest BCUT2D eigenvalue weighted by Gasteiger charge is -2.25. The number of sulfonamides is 1. The molecule has 29 heavy (non-hydrogen) atoms. The van der Waals surface area contributed by atoms with Crippen LogP contribution in [0.2, 0.25) is 0 Å². The number of hydrogen-bond donors (Lipinski definition) is 2. The zero-order chi connectivity index (χ0) is 21.2. The minimum atomic E-state index is -3.78. The van der Waals surface area contributed by atoms with Crippen molar-refractivity contribution in [1.29, 1.82) is 0 Å². The number of nitrogens with zero attached hydrogens (tertiary/aromatic N) is 1. The van der Waals surface area contributed by atoms with Gasteiger partial charge < -0.3 is 20.1 Å². The van der Waals surface area contributed by atoms with Crippen LogP contribution in [0.5, 0.6) is 11.5 Å². The van der Waals surface area contributed by atoms with Crippen molar-refractivity contribution in [3.05, 3.63) is 42.5 Å². The molecule has 1 aliphatic rings. The molecule has 2 aromatic rings. The molecule has 1 heterocycles. The standard InChI is InChI=1S/C19H21N3O6S/c1-22(2)29(25,26)17-10-12(8-9-15(17)27-3)20-18(23)11-16-19(24)21-13-6-4-5-7-14(13)28-16/h4-10,16H,11H2,1-3H3,(H,20,23)(H,21,24)/t16-/m0/s1. The molecule has 10 heteroatoms. The van der Waals surface area contributed by atoms with E-state index < -0.39 is 27.9 Å². The largest absolute Gasteiger partial charge is 0.495 e. The molecule has 9 nitrogen and oxygen atoms in total. The van der Waals surface area contributed by atoms with Crippen LogP contribution in [0.15, 0.2) is 47.4 Å². The second-order valence-corrected chi connectivity index (χ2v) is 8.62. The predicted molar refractivity (Wildman–Crippen MR) is 107 cm³/mol. The smallest absolute Gasteiger partial charge is 0.266 e. The number of rotatable bonds is 6. The molecule has 0 fully saturated rings. The zero-order valence-electron chi connectivity index (χ0n) is 16.1. The summed E-state index contributed by atoms with van der Waals surface area (Å²) in [5.74, 6) is -0.288. The molecule has 1 aliphatic heterocycles. The number of carbonyl (C=O) groups is 2. The molecule has 154 valence electrons. The van der Waals surface area contributed by atoms with Crippen LogP contribution in [0.3, 0.4) is 0 Å². The lowest BCUT2D eigenvalue weighted by molar-refractivity contribution is -0.128. The van der Waals surface area contributed by atoms with E-state index in [1.165, 1.54) is 39.4 Å². The summed E-state index contributed by atoms with van der Waals surface area (Å²) >= 11 is 0. The van der Waals surface area contributed by atoms with E-state index in [1.54, 1.807) is 24.3 Å². The Morgan fingerprint density at radius 3 is 2.66 bits per heavy atom. The maximum atomic E-state index is 12.5. The summed E-state index contributed by atoms with van der Waals surface area (Å²) < 4.78 is 36.7. The van der Waals surface area contributed by atoms with E-state index in [-0.39, 0.29) is 22.8 Å². The third-order valence-electron chi connectivity index (χ3n) is 4.28. The first kappa shape index (κ1) is 20.6. The van der Waals surface area contributed by atoms with Gasteiger partial charge in [-0.25, -0.2) is 12.7 Å². The summed E-state index contributed by atoms with van der Waals surface area (Å²) in [7, 11) is 0.380. The lowest BCUT2D eigenvalue weighted by atomic mass is 10.1. The average Bonchev–Trinajstić information content (AvgIpc) is 2.68. The number of amides is 2. The molecule has 0 spiro atoms. The van der Waals surface area contributed by atoms with Crippen LogP contribution in [0.25, 0.3) is 0 Å². The Morgan fingerprint density at radius 1 is 1.24 bits per heavy atom. The fourth-order valence-corrected chi connectivity index (χ4v) is 3.84. The number of ether oxygens (including phenoxy) is 2. The van der Waals surface area contributed by atoms with Crippen molar-refractivity contribution >= 4 is 33.2 Å². The van der Waals surface area contributed by atoms with Gasteiger partial charge >= 0.3 is 0 Å². The van der Waals surface area contributed by atoms with Crippen LogP contribution in [0, 0.1) is 0 Å². The van der Waals surface area contributed by atoms with Crippen LogP contribution in [0.4, 0.5) is 11.4 Å². The molecule has 2 aromatic carbocycles. The Balaban J connectivity index is 1.75. The summed E-state index contributed by atoms with van der Waals surface area (Å²) in [4.78, 5) is 24.5. The number of hydrogen-bond acceptors (Lipinski definition) is 6. The third kappa shape index (κ3) is 4.33. The van der Waals surface area contributed by atoms with Gasteiger partial charge in [0.25, 0.3) is 5.91 Å². The Hall–Kier alpha value is -3.11. The number of anilines is 2. The zero-order valence-corrected chi connectivity index (χ0v) is 16.9. The fraction of sp³-hybridized carbons (Fsp3) is 0.263. The molecule has 0 saturated carbocycles. The molecule has 0 saturated heterocycles. The van der Waals surface area contributed by atoms with Crippen LogP contribution in [0.1, 0.15) is 6.42 Å². The molecule has 1 atom stereocenters. The van der Waals surface area contributed by atoms with E-state index >= 15 is 0 Å². The van der Waals surface area contributed by atoms with Crippen molar-refractivity contribution in [3.8, 4) is 11.5 Å². The number of fused-ring (bicyclic) bond motifs is 1. The molecule has 0 aliphatic carbocycles. The highest BCUT2D eigenvalue weighted by Gasteiger charge is 2.30. The van der Waals surface area contributed by atoms with Gasteiger partial charge in [0.1, 0.15) is 16.4 Å². The molecule has 0 unspecified atom stereocenters. The van der Waals surface area contributed by atoms with Crippen molar-refractivity contribution in [1.82, 2.24) is 4.31 Å². The molecule has 0 bridgehead atoms. The first-order valence-corrected chi connectivity index (χ1v) is 10.1. The maximum absolute atomic E-state index is 12.5. The van der Waals surface area contributed by atoms with Gasteiger partial charge in [0.15, 0.2) is 6.10 Å². The summed E-state index contributed by atoms with van der Waals surface area (Å²) in [6.07, 6.45) is -1.23. The second-order valence-electron chi connectivity index (χ2n) is 6.50. The monoisotopic (exact) mass is 419 g/mol. The van der Waals surface area contributed by atoms with Gasteiger partial charge in [-0.1, -0.05) is 12.1 Å². The normalized spacial score (nSPS) is 15.9. The van der Waals surface area contributed by atoms with Gasteiger partial charge in [-0.15, -0.1) is 0 Å². The summed E-state index contributed by atoms with van der Waals surface area (Å²) in [6, 6.07) is 11.2. The number of benzene rings is 2. The SMILES string of the molecule is COc1ccc(NC(=O)C[C@@H]2Oc3ccccc3NC2=O)cc1S(=O)(=O)N(C)C. The third-order valence-corrected chi connectivity index (χ3v) is 6.12. The molecule has 3 rings (SSSR count). The minimum absolute atomic E-state index is 0.0802. The minimum Gasteiger partial charge on any atom is -0.495 e. The van der Waals surface area contributed by atoms with Crippen molar-refractivity contribution in [2.24, 2.45) is 0 Å². The first-order valence-electron chi connectivity index (χ1n) is 8.69. The highest BCUT2D eigenvalue weighted by molar-refractivity contribution is 7.89. The fourth-order valence-electron chi connectivity index (χ4n) is 2.76. The Morgan fingerprint density at radius 2 is 1.97 bits per heavy atom. The van der Waals surface area contributed by atoms with E-state index in [4.69, 9.17) is 9.47 Å². The summed E-state index contributed by atoms with van der Waals surface area (Å²) in [5.41, 5.74) is 0.802. The molecule has 2 N–H and O–H groups in total. The number of nitrogens with one attached hydrogen (secondary N) is 2. The molecule has 0 radical (unpaired) electrons. The van der Waals surface area contributed by atoms with Crippen molar-refractivity contribution < 1.29 is 27.5 Å². The Bertz CT molecular complexity index is 1050. The van der Waals surface area contributed by atoms with Crippen molar-refractivity contribution in [3.63, 3.8) is 0 Å². The van der Waals surface area contributed by atoms with E-state index in [0.29, 0.717) is 11.4 Å². The van der Waals surface area contributed by atoms with E-state index in [0.717, 1.165) is 4.31 Å². The maximum Gasteiger partial charge on any atom is 0.266 e. The Kier molecular flexibility index (Phi) is 5.76. The topological polar surface area (TPSA) is 114 Å². The molecular weight excluding hydrogens is 398 g/mol. The van der Waals surface area contributed by atoms with Crippen LogP contribution < -0.4 is 20.1 Å². The van der Waals surface area contributed by atoms with Crippen molar-refractivity contribution in [2.75, 3.05) is 31.8 Å². The van der Waals surface area contributed by atoms with Gasteiger partial charge in [0.2, 0.25) is 15.9 Å². The van der Waals surface area contributed by atoms with Crippen LogP contribution >= 0.6 is 0 Å². The number of carbonyl (C=O) groups excluding carboxylic acids is 2. The van der Waals surface area contributed by atoms with Gasteiger partial charge in [-0.3, -0.25) is 9.59 Å². The number of para-hydroxylation sites is 2. The highest BCUT2D eigenvalue weighted by Crippen LogP contribution is 2.31. The first-order chi connectivity index (χ1) is 13.7. The van der Waals surface area contributed by atoms with E-state index in [2.05, 4.69) is 10.6 Å². The molecular formula is C19H21N3O6S. The van der Waals surface area contributed by atoms with Gasteiger partial charge in [0, 0.05) is 19.8 Å². The Labute approximate surface area is 168 Å². The van der Waals surface area contributed by atoms with Crippen LogP contribution in [-0.4, -0.2) is 51.8 Å². The second kappa shape index (κ2) is 8.10. The molecule has 0 aromatic heterocycles. The van der Waals surface area contributed by atoms with Gasteiger partial charge in [0.05, 0.1) is 19.2 Å². The van der Waals surface area contributed by atoms with Crippen molar-refractivity contribution in [2.45, 2.75) is 17.4 Å². The van der Waals surface area contributed by atoms with E-state index in [1.807, 2.05) is 0 Å². The van der Waals surface area contributed by atoms with Gasteiger partial charge in [-0.2, -0.15) is 0 Å². The number of methoxy groups -OCH3 is 1. The van der Waals surface area contributed by atoms with E-state index in [9.17, 15) is 18.0 Å².